The van der Waals surface area contributed by atoms with Gasteiger partial charge < -0.3 is 15.4 Å². The lowest BCUT2D eigenvalue weighted by atomic mass is 10.2. The molecule has 1 fully saturated rings. The van der Waals surface area contributed by atoms with Crippen LogP contribution in [0.15, 0.2) is 77.7 Å². The summed E-state index contributed by atoms with van der Waals surface area (Å²) >= 11 is 1.29. The second-order valence-electron chi connectivity index (χ2n) is 6.59. The molecule has 4 rings (SSSR count). The van der Waals surface area contributed by atoms with Gasteiger partial charge in [0.25, 0.3) is 5.91 Å². The van der Waals surface area contributed by atoms with Gasteiger partial charge in [-0.05, 0) is 53.6 Å². The number of carbonyl (C=O) groups excluding carboxylic acids is 1. The van der Waals surface area contributed by atoms with Crippen molar-refractivity contribution in [1.29, 1.82) is 0 Å². The average molecular weight is 424 g/mol. The summed E-state index contributed by atoms with van der Waals surface area (Å²) in [6, 6.07) is 19.8. The van der Waals surface area contributed by atoms with Crippen LogP contribution in [0.4, 0.5) is 14.5 Å². The lowest BCUT2D eigenvalue weighted by Crippen LogP contribution is -2.31. The maximum absolute atomic E-state index is 13.8. The summed E-state index contributed by atoms with van der Waals surface area (Å²) in [5, 5.41) is 5.75. The van der Waals surface area contributed by atoms with E-state index < -0.39 is 5.50 Å². The fraction of sp³-hybridized carbons (Fsp3) is 0.0870. The van der Waals surface area contributed by atoms with E-state index in [4.69, 9.17) is 4.74 Å². The van der Waals surface area contributed by atoms with Crippen molar-refractivity contribution in [2.24, 2.45) is 0 Å². The number of hydrogen-bond acceptors (Lipinski definition) is 4. The number of nitrogens with one attached hydrogen (secondary N) is 2. The minimum Gasteiger partial charge on any atom is -0.489 e. The number of anilines is 1. The Bertz CT molecular complexity index is 1090. The maximum Gasteiger partial charge on any atom is 0.260 e. The molecule has 1 heterocycles. The van der Waals surface area contributed by atoms with Crippen molar-refractivity contribution in [1.82, 2.24) is 5.32 Å². The Morgan fingerprint density at radius 1 is 1.03 bits per heavy atom. The summed E-state index contributed by atoms with van der Waals surface area (Å²) in [7, 11) is 0. The monoisotopic (exact) mass is 424 g/mol. The molecule has 2 N–H and O–H groups in total. The lowest BCUT2D eigenvalue weighted by Gasteiger charge is -2.12. The molecule has 0 radical (unpaired) electrons. The zero-order valence-corrected chi connectivity index (χ0v) is 16.6. The quantitative estimate of drug-likeness (QED) is 0.538. The molecule has 3 aromatic rings. The van der Waals surface area contributed by atoms with Gasteiger partial charge >= 0.3 is 0 Å². The normalized spacial score (nSPS) is 17.1. The first-order chi connectivity index (χ1) is 14.6. The highest BCUT2D eigenvalue weighted by molar-refractivity contribution is 8.05. The van der Waals surface area contributed by atoms with E-state index in [2.05, 4.69) is 10.6 Å². The molecular weight excluding hydrogens is 406 g/mol. The number of thioether (sulfide) groups is 1. The van der Waals surface area contributed by atoms with Gasteiger partial charge in [0.1, 0.15) is 24.0 Å². The number of para-hydroxylation sites is 1. The van der Waals surface area contributed by atoms with Gasteiger partial charge in [0.2, 0.25) is 0 Å². The topological polar surface area (TPSA) is 50.4 Å². The molecule has 0 spiro atoms. The number of hydrogen-bond donors (Lipinski definition) is 2. The van der Waals surface area contributed by atoms with Gasteiger partial charge in [-0.3, -0.25) is 4.79 Å². The van der Waals surface area contributed by atoms with E-state index in [0.29, 0.717) is 16.3 Å². The molecule has 1 saturated heterocycles. The van der Waals surface area contributed by atoms with E-state index in [1.807, 2.05) is 12.1 Å². The van der Waals surface area contributed by atoms with Crippen LogP contribution in [0.5, 0.6) is 5.75 Å². The molecule has 1 aliphatic heterocycles. The SMILES string of the molecule is O=C1NC(Nc2ccccc2F)S/C1=C\c1ccc(OCc2cccc(F)c2)cc1. The summed E-state index contributed by atoms with van der Waals surface area (Å²) < 4.78 is 32.7. The number of amides is 1. The van der Waals surface area contributed by atoms with Crippen LogP contribution in [0.3, 0.4) is 0 Å². The minimum atomic E-state index is -0.450. The molecule has 1 atom stereocenters. The zero-order chi connectivity index (χ0) is 20.9. The third-order valence-electron chi connectivity index (χ3n) is 4.36. The van der Waals surface area contributed by atoms with Crippen molar-refractivity contribution >= 4 is 29.4 Å². The van der Waals surface area contributed by atoms with Gasteiger partial charge in [-0.15, -0.1) is 0 Å². The van der Waals surface area contributed by atoms with Crippen LogP contribution >= 0.6 is 11.8 Å². The predicted octanol–water partition coefficient (Wildman–Crippen LogP) is 5.14. The first-order valence-corrected chi connectivity index (χ1v) is 10.1. The summed E-state index contributed by atoms with van der Waals surface area (Å²) in [6.07, 6.45) is 1.76. The maximum atomic E-state index is 13.8. The number of rotatable bonds is 6. The van der Waals surface area contributed by atoms with E-state index in [0.717, 1.165) is 11.1 Å². The molecule has 3 aromatic carbocycles. The Morgan fingerprint density at radius 2 is 1.83 bits per heavy atom. The highest BCUT2D eigenvalue weighted by Crippen LogP contribution is 2.31. The van der Waals surface area contributed by atoms with Crippen LogP contribution in [0.25, 0.3) is 6.08 Å². The highest BCUT2D eigenvalue weighted by Gasteiger charge is 2.27. The smallest absolute Gasteiger partial charge is 0.260 e. The van der Waals surface area contributed by atoms with Crippen LogP contribution < -0.4 is 15.4 Å². The van der Waals surface area contributed by atoms with E-state index in [1.54, 1.807) is 48.5 Å². The van der Waals surface area contributed by atoms with Crippen molar-refractivity contribution in [2.75, 3.05) is 5.32 Å². The second-order valence-corrected chi connectivity index (χ2v) is 7.74. The van der Waals surface area contributed by atoms with Gasteiger partial charge in [-0.2, -0.15) is 0 Å². The average Bonchev–Trinajstić information content (AvgIpc) is 3.08. The van der Waals surface area contributed by atoms with E-state index in [-0.39, 0.29) is 24.1 Å². The molecule has 0 bridgehead atoms. The number of carbonyl (C=O) groups is 1. The molecule has 0 saturated carbocycles. The Labute approximate surface area is 177 Å². The van der Waals surface area contributed by atoms with Crippen molar-refractivity contribution in [2.45, 2.75) is 12.1 Å². The molecule has 7 heteroatoms. The van der Waals surface area contributed by atoms with Crippen LogP contribution in [0, 0.1) is 11.6 Å². The van der Waals surface area contributed by atoms with Crippen LogP contribution in [-0.4, -0.2) is 11.4 Å². The molecule has 30 heavy (non-hydrogen) atoms. The lowest BCUT2D eigenvalue weighted by molar-refractivity contribution is -0.116. The number of benzene rings is 3. The van der Waals surface area contributed by atoms with E-state index >= 15 is 0 Å². The Hall–Kier alpha value is -3.32. The number of halogens is 2. The summed E-state index contributed by atoms with van der Waals surface area (Å²) in [5.74, 6) is -0.254. The predicted molar refractivity (Wildman–Crippen MR) is 115 cm³/mol. The fourth-order valence-electron chi connectivity index (χ4n) is 2.89. The molecule has 4 nitrogen and oxygen atoms in total. The largest absolute Gasteiger partial charge is 0.489 e. The Kier molecular flexibility index (Phi) is 5.99. The van der Waals surface area contributed by atoms with Crippen molar-refractivity contribution in [3.05, 3.63) is 100 Å². The molecule has 1 unspecified atom stereocenters. The third-order valence-corrected chi connectivity index (χ3v) is 5.39. The van der Waals surface area contributed by atoms with Gasteiger partial charge in [-0.25, -0.2) is 8.78 Å². The van der Waals surface area contributed by atoms with Gasteiger partial charge in [0, 0.05) is 0 Å². The summed E-state index contributed by atoms with van der Waals surface area (Å²) in [6.45, 7) is 0.264. The summed E-state index contributed by atoms with van der Waals surface area (Å²) in [5.41, 5.74) is 1.46. The Balaban J connectivity index is 1.37. The molecule has 1 aliphatic rings. The standard InChI is InChI=1S/C23H18F2N2O2S/c24-17-5-3-4-16(12-17)14-29-18-10-8-15(9-11-18)13-21-22(28)27-23(30-21)26-20-7-2-1-6-19(20)25/h1-13,23,26H,14H2,(H,27,28)/b21-13-. The number of ether oxygens (including phenoxy) is 1. The summed E-state index contributed by atoms with van der Waals surface area (Å²) in [4.78, 5) is 12.8. The van der Waals surface area contributed by atoms with Crippen molar-refractivity contribution in [3.8, 4) is 5.75 Å². The third kappa shape index (κ3) is 4.99. The van der Waals surface area contributed by atoms with Crippen molar-refractivity contribution in [3.63, 3.8) is 0 Å². The highest BCUT2D eigenvalue weighted by atomic mass is 32.2. The first kappa shape index (κ1) is 20.0. The van der Waals surface area contributed by atoms with E-state index in [1.165, 1.54) is 30.0 Å². The molecule has 0 aromatic heterocycles. The molecule has 152 valence electrons. The van der Waals surface area contributed by atoms with Crippen LogP contribution in [0.2, 0.25) is 0 Å². The van der Waals surface area contributed by atoms with Gasteiger partial charge in [0.15, 0.2) is 5.50 Å². The zero-order valence-electron chi connectivity index (χ0n) is 15.8. The second kappa shape index (κ2) is 9.00. The molecular formula is C23H18F2N2O2S. The minimum absolute atomic E-state index is 0.222. The van der Waals surface area contributed by atoms with Gasteiger partial charge in [-0.1, -0.05) is 48.2 Å². The molecule has 1 amide bonds. The van der Waals surface area contributed by atoms with Crippen LogP contribution in [0.1, 0.15) is 11.1 Å². The van der Waals surface area contributed by atoms with Gasteiger partial charge in [0.05, 0.1) is 10.6 Å². The van der Waals surface area contributed by atoms with E-state index in [9.17, 15) is 13.6 Å². The first-order valence-electron chi connectivity index (χ1n) is 9.24. The van der Waals surface area contributed by atoms with Crippen LogP contribution in [-0.2, 0) is 11.4 Å². The van der Waals surface area contributed by atoms with Crippen molar-refractivity contribution < 1.29 is 18.3 Å². The Morgan fingerprint density at radius 3 is 2.60 bits per heavy atom. The fourth-order valence-corrected chi connectivity index (χ4v) is 3.87. The molecule has 0 aliphatic carbocycles.